The van der Waals surface area contributed by atoms with Gasteiger partial charge in [0.2, 0.25) is 0 Å². The second-order valence-electron chi connectivity index (χ2n) is 6.91. The molecule has 1 unspecified atom stereocenters. The summed E-state index contributed by atoms with van der Waals surface area (Å²) in [5.74, 6) is 0.764. The predicted octanol–water partition coefficient (Wildman–Crippen LogP) is 1.51. The van der Waals surface area contributed by atoms with Gasteiger partial charge in [-0.2, -0.15) is 0 Å². The van der Waals surface area contributed by atoms with Crippen molar-refractivity contribution in [1.82, 2.24) is 15.1 Å². The first-order valence-electron chi connectivity index (χ1n) is 6.98. The van der Waals surface area contributed by atoms with Crippen LogP contribution < -0.4 is 5.32 Å². The van der Waals surface area contributed by atoms with E-state index in [0.717, 1.165) is 19.0 Å². The van der Waals surface area contributed by atoms with Gasteiger partial charge in [0.15, 0.2) is 0 Å². The molecule has 0 radical (unpaired) electrons. The van der Waals surface area contributed by atoms with Gasteiger partial charge in [-0.25, -0.2) is 0 Å². The summed E-state index contributed by atoms with van der Waals surface area (Å²) in [7, 11) is 2.25. The fourth-order valence-corrected chi connectivity index (χ4v) is 2.80. The van der Waals surface area contributed by atoms with Crippen molar-refractivity contribution in [2.75, 3.05) is 52.9 Å². The number of rotatable bonds is 5. The van der Waals surface area contributed by atoms with Gasteiger partial charge in [0, 0.05) is 45.8 Å². The minimum absolute atomic E-state index is 0.406. The molecule has 102 valence electrons. The van der Waals surface area contributed by atoms with Crippen LogP contribution in [0.15, 0.2) is 0 Å². The SMILES string of the molecule is CC(CN(C)CC(C)(C)C)CN1CCNCC1. The van der Waals surface area contributed by atoms with Crippen molar-refractivity contribution >= 4 is 0 Å². The second kappa shape index (κ2) is 6.72. The van der Waals surface area contributed by atoms with Crippen molar-refractivity contribution < 1.29 is 0 Å². The van der Waals surface area contributed by atoms with Crippen LogP contribution in [0.2, 0.25) is 0 Å². The van der Waals surface area contributed by atoms with Gasteiger partial charge in [-0.15, -0.1) is 0 Å². The molecule has 0 saturated carbocycles. The van der Waals surface area contributed by atoms with Gasteiger partial charge in [0.05, 0.1) is 0 Å². The monoisotopic (exact) mass is 241 g/mol. The largest absolute Gasteiger partial charge is 0.314 e. The molecule has 1 heterocycles. The Morgan fingerprint density at radius 1 is 1.24 bits per heavy atom. The first-order valence-corrected chi connectivity index (χ1v) is 6.98. The normalized spacial score (nSPS) is 20.8. The molecule has 0 aliphatic carbocycles. The third-order valence-electron chi connectivity index (χ3n) is 3.15. The average Bonchev–Trinajstić information content (AvgIpc) is 2.15. The molecule has 0 amide bonds. The summed E-state index contributed by atoms with van der Waals surface area (Å²) in [6.07, 6.45) is 0. The number of nitrogens with zero attached hydrogens (tertiary/aromatic N) is 2. The number of piperazine rings is 1. The van der Waals surface area contributed by atoms with E-state index in [-0.39, 0.29) is 0 Å². The molecule has 1 saturated heterocycles. The van der Waals surface area contributed by atoms with E-state index in [2.05, 4.69) is 49.9 Å². The zero-order valence-corrected chi connectivity index (χ0v) is 12.4. The molecule has 3 heteroatoms. The highest BCUT2D eigenvalue weighted by atomic mass is 15.2. The van der Waals surface area contributed by atoms with Gasteiger partial charge in [-0.05, 0) is 18.4 Å². The number of nitrogens with one attached hydrogen (secondary N) is 1. The maximum absolute atomic E-state index is 3.41. The standard InChI is InChI=1S/C14H31N3/c1-13(10-16(5)12-14(2,3)4)11-17-8-6-15-7-9-17/h13,15H,6-12H2,1-5H3. The first-order chi connectivity index (χ1) is 7.87. The van der Waals surface area contributed by atoms with Crippen molar-refractivity contribution in [3.05, 3.63) is 0 Å². The Morgan fingerprint density at radius 3 is 2.35 bits per heavy atom. The molecule has 1 aliphatic rings. The van der Waals surface area contributed by atoms with Crippen LogP contribution in [0.5, 0.6) is 0 Å². The van der Waals surface area contributed by atoms with Crippen LogP contribution in [0.4, 0.5) is 0 Å². The topological polar surface area (TPSA) is 18.5 Å². The Morgan fingerprint density at radius 2 is 1.82 bits per heavy atom. The fourth-order valence-electron chi connectivity index (χ4n) is 2.80. The van der Waals surface area contributed by atoms with Crippen LogP contribution in [-0.2, 0) is 0 Å². The predicted molar refractivity (Wildman–Crippen MR) is 75.4 cm³/mol. The molecule has 1 N–H and O–H groups in total. The van der Waals surface area contributed by atoms with Crippen molar-refractivity contribution in [1.29, 1.82) is 0 Å². The molecule has 1 aliphatic heterocycles. The van der Waals surface area contributed by atoms with Gasteiger partial charge in [-0.1, -0.05) is 27.7 Å². The minimum atomic E-state index is 0.406. The zero-order chi connectivity index (χ0) is 12.9. The summed E-state index contributed by atoms with van der Waals surface area (Å²) in [5.41, 5.74) is 0.406. The smallest absolute Gasteiger partial charge is 0.0107 e. The Bertz CT molecular complexity index is 204. The van der Waals surface area contributed by atoms with Crippen LogP contribution in [0.25, 0.3) is 0 Å². The second-order valence-corrected chi connectivity index (χ2v) is 6.91. The van der Waals surface area contributed by atoms with Crippen LogP contribution in [0.1, 0.15) is 27.7 Å². The molecular formula is C14H31N3. The van der Waals surface area contributed by atoms with E-state index in [1.807, 2.05) is 0 Å². The van der Waals surface area contributed by atoms with E-state index in [4.69, 9.17) is 0 Å². The third kappa shape index (κ3) is 7.02. The molecule has 1 rings (SSSR count). The van der Waals surface area contributed by atoms with Crippen LogP contribution in [-0.4, -0.2) is 62.7 Å². The van der Waals surface area contributed by atoms with E-state index in [1.54, 1.807) is 0 Å². The fraction of sp³-hybridized carbons (Fsp3) is 1.00. The number of hydrogen-bond acceptors (Lipinski definition) is 3. The Balaban J connectivity index is 2.21. The lowest BCUT2D eigenvalue weighted by Gasteiger charge is -2.33. The molecular weight excluding hydrogens is 210 g/mol. The van der Waals surface area contributed by atoms with Gasteiger partial charge < -0.3 is 15.1 Å². The van der Waals surface area contributed by atoms with Gasteiger partial charge in [0.25, 0.3) is 0 Å². The van der Waals surface area contributed by atoms with Crippen LogP contribution in [0, 0.1) is 11.3 Å². The van der Waals surface area contributed by atoms with Crippen molar-refractivity contribution in [3.63, 3.8) is 0 Å². The Hall–Kier alpha value is -0.120. The minimum Gasteiger partial charge on any atom is -0.314 e. The molecule has 0 aromatic heterocycles. The van der Waals surface area contributed by atoms with Crippen LogP contribution >= 0.6 is 0 Å². The van der Waals surface area contributed by atoms with Gasteiger partial charge in [-0.3, -0.25) is 0 Å². The van der Waals surface area contributed by atoms with E-state index >= 15 is 0 Å². The molecule has 0 aromatic rings. The third-order valence-corrected chi connectivity index (χ3v) is 3.15. The van der Waals surface area contributed by atoms with Crippen molar-refractivity contribution in [2.45, 2.75) is 27.7 Å². The van der Waals surface area contributed by atoms with Gasteiger partial charge >= 0.3 is 0 Å². The maximum Gasteiger partial charge on any atom is 0.0107 e. The van der Waals surface area contributed by atoms with Crippen molar-refractivity contribution in [2.24, 2.45) is 11.3 Å². The molecule has 3 nitrogen and oxygen atoms in total. The number of hydrogen-bond donors (Lipinski definition) is 1. The Labute approximate surface area is 108 Å². The molecule has 1 atom stereocenters. The zero-order valence-electron chi connectivity index (χ0n) is 12.4. The summed E-state index contributed by atoms with van der Waals surface area (Å²) in [5, 5.41) is 3.41. The highest BCUT2D eigenvalue weighted by Crippen LogP contribution is 2.15. The molecule has 17 heavy (non-hydrogen) atoms. The van der Waals surface area contributed by atoms with E-state index in [1.165, 1.54) is 32.7 Å². The molecule has 0 spiro atoms. The summed E-state index contributed by atoms with van der Waals surface area (Å²) in [4.78, 5) is 5.07. The first kappa shape index (κ1) is 14.9. The lowest BCUT2D eigenvalue weighted by molar-refractivity contribution is 0.161. The summed E-state index contributed by atoms with van der Waals surface area (Å²) in [6.45, 7) is 17.7. The highest BCUT2D eigenvalue weighted by molar-refractivity contribution is 4.73. The summed E-state index contributed by atoms with van der Waals surface area (Å²) < 4.78 is 0. The quantitative estimate of drug-likeness (QED) is 0.787. The van der Waals surface area contributed by atoms with E-state index in [0.29, 0.717) is 5.41 Å². The summed E-state index contributed by atoms with van der Waals surface area (Å²) in [6, 6.07) is 0. The molecule has 1 fully saturated rings. The lowest BCUT2D eigenvalue weighted by Crippen LogP contribution is -2.46. The van der Waals surface area contributed by atoms with Crippen LogP contribution in [0.3, 0.4) is 0 Å². The average molecular weight is 241 g/mol. The van der Waals surface area contributed by atoms with Crippen molar-refractivity contribution in [3.8, 4) is 0 Å². The lowest BCUT2D eigenvalue weighted by atomic mass is 9.96. The van der Waals surface area contributed by atoms with E-state index in [9.17, 15) is 0 Å². The highest BCUT2D eigenvalue weighted by Gasteiger charge is 2.17. The molecule has 0 bridgehead atoms. The van der Waals surface area contributed by atoms with Gasteiger partial charge in [0.1, 0.15) is 0 Å². The maximum atomic E-state index is 3.41. The van der Waals surface area contributed by atoms with E-state index < -0.39 is 0 Å². The molecule has 0 aromatic carbocycles. The Kier molecular flexibility index (Phi) is 5.90. The summed E-state index contributed by atoms with van der Waals surface area (Å²) >= 11 is 0.